The molecule has 0 aliphatic carbocycles. The highest BCUT2D eigenvalue weighted by Crippen LogP contribution is 2.13. The fraction of sp³-hybridized carbons (Fsp3) is 1.00. The first kappa shape index (κ1) is 7.30. The Labute approximate surface area is 48.5 Å². The van der Waals surface area contributed by atoms with Crippen molar-refractivity contribution in [3.63, 3.8) is 0 Å². The first-order valence-corrected chi connectivity index (χ1v) is 2.79. The Morgan fingerprint density at radius 2 is 2.00 bits per heavy atom. The third kappa shape index (κ3) is 2.93. The number of hydrogen-bond donors (Lipinski definition) is 1. The van der Waals surface area contributed by atoms with E-state index in [9.17, 15) is 8.78 Å². The summed E-state index contributed by atoms with van der Waals surface area (Å²) in [5, 5.41) is 7.34. The van der Waals surface area contributed by atoms with E-state index in [1.807, 2.05) is 0 Å². The van der Waals surface area contributed by atoms with Crippen molar-refractivity contribution in [1.29, 1.82) is 0 Å². The lowest BCUT2D eigenvalue weighted by Gasteiger charge is -2.06. The molecule has 0 aromatic carbocycles. The minimum absolute atomic E-state index is 0.476. The summed E-state index contributed by atoms with van der Waals surface area (Å²) in [5.41, 5.74) is 0. The van der Waals surface area contributed by atoms with Gasteiger partial charge in [0.2, 0.25) is 0 Å². The van der Waals surface area contributed by atoms with Crippen LogP contribution in [0.3, 0.4) is 0 Å². The summed E-state index contributed by atoms with van der Waals surface area (Å²) in [6.07, 6.45) is 0. The molecular formula is C3H5BrF2O. The normalized spacial score (nSPS) is 12.0. The SMILES string of the molecule is OCC(F)(F)CBr. The third-order valence-corrected chi connectivity index (χ3v) is 1.25. The Bertz CT molecular complexity index is 50.9. The predicted octanol–water partition coefficient (Wildman–Crippen LogP) is 1.01. The van der Waals surface area contributed by atoms with Gasteiger partial charge in [0.1, 0.15) is 6.61 Å². The minimum atomic E-state index is -2.94. The first-order valence-electron chi connectivity index (χ1n) is 1.67. The van der Waals surface area contributed by atoms with Crippen LogP contribution in [0.15, 0.2) is 0 Å². The first-order chi connectivity index (χ1) is 3.12. The molecule has 7 heavy (non-hydrogen) atoms. The van der Waals surface area contributed by atoms with Gasteiger partial charge >= 0.3 is 0 Å². The molecule has 0 heterocycles. The maximum atomic E-state index is 11.6. The van der Waals surface area contributed by atoms with Gasteiger partial charge in [-0.3, -0.25) is 0 Å². The lowest BCUT2D eigenvalue weighted by molar-refractivity contribution is -0.0265. The zero-order valence-corrected chi connectivity index (χ0v) is 5.08. The van der Waals surface area contributed by atoms with Crippen molar-refractivity contribution in [3.05, 3.63) is 0 Å². The van der Waals surface area contributed by atoms with Crippen LogP contribution in [0, 0.1) is 0 Å². The molecule has 0 spiro atoms. The van der Waals surface area contributed by atoms with Crippen molar-refractivity contribution < 1.29 is 13.9 Å². The van der Waals surface area contributed by atoms with Crippen LogP contribution < -0.4 is 0 Å². The van der Waals surface area contributed by atoms with E-state index in [-0.39, 0.29) is 0 Å². The Morgan fingerprint density at radius 3 is 2.00 bits per heavy atom. The topological polar surface area (TPSA) is 20.2 Å². The summed E-state index contributed by atoms with van der Waals surface area (Å²) >= 11 is 2.52. The van der Waals surface area contributed by atoms with Crippen molar-refractivity contribution in [2.75, 3.05) is 11.9 Å². The van der Waals surface area contributed by atoms with Gasteiger partial charge in [-0.05, 0) is 0 Å². The summed E-state index contributed by atoms with van der Waals surface area (Å²) < 4.78 is 23.2. The molecule has 0 bridgehead atoms. The van der Waals surface area contributed by atoms with Crippen LogP contribution in [0.2, 0.25) is 0 Å². The fourth-order valence-corrected chi connectivity index (χ4v) is 0.220. The molecule has 0 atom stereocenters. The Balaban J connectivity index is 3.36. The lowest BCUT2D eigenvalue weighted by Crippen LogP contribution is -2.22. The van der Waals surface area contributed by atoms with Crippen LogP contribution in [0.4, 0.5) is 8.78 Å². The lowest BCUT2D eigenvalue weighted by atomic mass is 10.4. The summed E-state index contributed by atoms with van der Waals surface area (Å²) in [5.74, 6) is -2.94. The number of aliphatic hydroxyl groups excluding tert-OH is 1. The second-order valence-corrected chi connectivity index (χ2v) is 1.71. The monoisotopic (exact) mass is 174 g/mol. The number of aliphatic hydroxyl groups is 1. The minimum Gasteiger partial charge on any atom is -0.390 e. The van der Waals surface area contributed by atoms with Gasteiger partial charge in [0.25, 0.3) is 5.92 Å². The average Bonchev–Trinajstić information content (AvgIpc) is 1.68. The molecule has 1 N–H and O–H groups in total. The van der Waals surface area contributed by atoms with Gasteiger partial charge in [0.05, 0.1) is 5.33 Å². The van der Waals surface area contributed by atoms with Gasteiger partial charge in [-0.15, -0.1) is 0 Å². The van der Waals surface area contributed by atoms with Gasteiger partial charge in [-0.1, -0.05) is 15.9 Å². The van der Waals surface area contributed by atoms with Crippen LogP contribution in [0.5, 0.6) is 0 Å². The summed E-state index contributed by atoms with van der Waals surface area (Å²) in [7, 11) is 0. The van der Waals surface area contributed by atoms with Crippen molar-refractivity contribution >= 4 is 15.9 Å². The molecule has 1 nitrogen and oxygen atoms in total. The van der Waals surface area contributed by atoms with Crippen molar-refractivity contribution in [2.24, 2.45) is 0 Å². The highest BCUT2D eigenvalue weighted by molar-refractivity contribution is 9.09. The molecule has 0 fully saturated rings. The summed E-state index contributed by atoms with van der Waals surface area (Å²) in [4.78, 5) is 0. The Hall–Kier alpha value is 0.300. The van der Waals surface area contributed by atoms with Crippen molar-refractivity contribution in [1.82, 2.24) is 0 Å². The molecule has 0 saturated carbocycles. The van der Waals surface area contributed by atoms with Gasteiger partial charge < -0.3 is 5.11 Å². The molecule has 0 aromatic rings. The maximum absolute atomic E-state index is 11.6. The summed E-state index contributed by atoms with van der Waals surface area (Å²) in [6, 6.07) is 0. The van der Waals surface area contributed by atoms with E-state index in [1.165, 1.54) is 0 Å². The standard InChI is InChI=1S/C3H5BrF2O/c4-1-3(5,6)2-7/h7H,1-2H2. The molecule has 0 rings (SSSR count). The average molecular weight is 175 g/mol. The second kappa shape index (κ2) is 2.57. The Morgan fingerprint density at radius 1 is 1.57 bits per heavy atom. The van der Waals surface area contributed by atoms with Crippen LogP contribution in [0.25, 0.3) is 0 Å². The van der Waals surface area contributed by atoms with E-state index in [4.69, 9.17) is 5.11 Å². The number of alkyl halides is 3. The van der Waals surface area contributed by atoms with Gasteiger partial charge in [0, 0.05) is 0 Å². The fourth-order valence-electron chi connectivity index (χ4n) is 0.0423. The van der Waals surface area contributed by atoms with E-state index in [2.05, 4.69) is 15.9 Å². The second-order valence-electron chi connectivity index (χ2n) is 1.15. The smallest absolute Gasteiger partial charge is 0.280 e. The molecule has 0 aliphatic heterocycles. The van der Waals surface area contributed by atoms with Gasteiger partial charge in [-0.2, -0.15) is 0 Å². The molecule has 0 unspecified atom stereocenters. The van der Waals surface area contributed by atoms with E-state index < -0.39 is 17.9 Å². The quantitative estimate of drug-likeness (QED) is 0.621. The van der Waals surface area contributed by atoms with Crippen LogP contribution in [0.1, 0.15) is 0 Å². The largest absolute Gasteiger partial charge is 0.390 e. The van der Waals surface area contributed by atoms with Crippen LogP contribution in [-0.2, 0) is 0 Å². The molecule has 0 aliphatic rings. The van der Waals surface area contributed by atoms with E-state index in [1.54, 1.807) is 0 Å². The highest BCUT2D eigenvalue weighted by Gasteiger charge is 2.24. The zero-order chi connectivity index (χ0) is 5.91. The maximum Gasteiger partial charge on any atom is 0.280 e. The number of hydrogen-bond acceptors (Lipinski definition) is 1. The molecule has 0 radical (unpaired) electrons. The molecular weight excluding hydrogens is 170 g/mol. The molecule has 0 saturated heterocycles. The summed E-state index contributed by atoms with van der Waals surface area (Å²) in [6.45, 7) is -1.09. The van der Waals surface area contributed by atoms with Crippen LogP contribution in [-0.4, -0.2) is 23.0 Å². The molecule has 0 amide bonds. The van der Waals surface area contributed by atoms with E-state index in [0.717, 1.165) is 0 Å². The van der Waals surface area contributed by atoms with Crippen molar-refractivity contribution in [3.8, 4) is 0 Å². The molecule has 0 aromatic heterocycles. The highest BCUT2D eigenvalue weighted by atomic mass is 79.9. The number of rotatable bonds is 2. The third-order valence-electron chi connectivity index (χ3n) is 0.427. The Kier molecular flexibility index (Phi) is 2.68. The predicted molar refractivity (Wildman–Crippen MR) is 25.8 cm³/mol. The van der Waals surface area contributed by atoms with Gasteiger partial charge in [-0.25, -0.2) is 8.78 Å². The van der Waals surface area contributed by atoms with Crippen molar-refractivity contribution in [2.45, 2.75) is 5.92 Å². The molecule has 44 valence electrons. The van der Waals surface area contributed by atoms with Crippen LogP contribution >= 0.6 is 15.9 Å². The van der Waals surface area contributed by atoms with E-state index in [0.29, 0.717) is 0 Å². The van der Waals surface area contributed by atoms with Gasteiger partial charge in [0.15, 0.2) is 0 Å². The zero-order valence-electron chi connectivity index (χ0n) is 3.50. The molecule has 4 heteroatoms. The van der Waals surface area contributed by atoms with E-state index >= 15 is 0 Å². The number of halogens is 3.